The van der Waals surface area contributed by atoms with Crippen molar-refractivity contribution in [3.05, 3.63) is 29.5 Å². The first kappa shape index (κ1) is 19.9. The monoisotopic (exact) mass is 385 g/mol. The molecule has 7 heteroatoms. The maximum absolute atomic E-state index is 12.6. The molecule has 28 heavy (non-hydrogen) atoms. The minimum Gasteiger partial charge on any atom is -0.493 e. The van der Waals surface area contributed by atoms with Gasteiger partial charge in [-0.25, -0.2) is 4.99 Å². The quantitative estimate of drug-likeness (QED) is 0.764. The van der Waals surface area contributed by atoms with Crippen molar-refractivity contribution < 1.29 is 19.1 Å². The molecule has 2 heterocycles. The largest absolute Gasteiger partial charge is 0.493 e. The van der Waals surface area contributed by atoms with Gasteiger partial charge in [0.25, 0.3) is 11.8 Å². The molecule has 0 aliphatic carbocycles. The Morgan fingerprint density at radius 1 is 1.29 bits per heavy atom. The van der Waals surface area contributed by atoms with Crippen LogP contribution >= 0.6 is 0 Å². The molecule has 0 bridgehead atoms. The molecule has 0 radical (unpaired) electrons. The number of hydrogen-bond acceptors (Lipinski definition) is 5. The van der Waals surface area contributed by atoms with E-state index in [9.17, 15) is 9.59 Å². The highest BCUT2D eigenvalue weighted by Crippen LogP contribution is 2.30. The summed E-state index contributed by atoms with van der Waals surface area (Å²) in [6, 6.07) is 5.39. The average molecular weight is 385 g/mol. The second-order valence-corrected chi connectivity index (χ2v) is 7.25. The molecule has 0 spiro atoms. The van der Waals surface area contributed by atoms with E-state index >= 15 is 0 Å². The van der Waals surface area contributed by atoms with Gasteiger partial charge in [-0.2, -0.15) is 0 Å². The van der Waals surface area contributed by atoms with Crippen molar-refractivity contribution in [3.63, 3.8) is 0 Å². The molecule has 150 valence electrons. The predicted octanol–water partition coefficient (Wildman–Crippen LogP) is 2.75. The van der Waals surface area contributed by atoms with Gasteiger partial charge in [0.1, 0.15) is 11.5 Å². The molecule has 0 unspecified atom stereocenters. The van der Waals surface area contributed by atoms with Gasteiger partial charge in [-0.1, -0.05) is 12.5 Å². The van der Waals surface area contributed by atoms with Gasteiger partial charge in [0.05, 0.1) is 7.11 Å². The molecule has 1 fully saturated rings. The topological polar surface area (TPSA) is 80.2 Å². The highest BCUT2D eigenvalue weighted by atomic mass is 16.5. The van der Waals surface area contributed by atoms with Crippen molar-refractivity contribution in [2.24, 2.45) is 4.99 Å². The van der Waals surface area contributed by atoms with Crippen molar-refractivity contribution >= 4 is 23.7 Å². The van der Waals surface area contributed by atoms with Crippen LogP contribution in [0.25, 0.3) is 6.08 Å². The van der Waals surface area contributed by atoms with Gasteiger partial charge in [-0.3, -0.25) is 14.5 Å². The van der Waals surface area contributed by atoms with Crippen LogP contribution in [0.2, 0.25) is 0 Å². The van der Waals surface area contributed by atoms with Crippen molar-refractivity contribution in [1.82, 2.24) is 10.2 Å². The van der Waals surface area contributed by atoms with Crippen LogP contribution in [-0.4, -0.2) is 48.9 Å². The first-order chi connectivity index (χ1) is 13.5. The van der Waals surface area contributed by atoms with Crippen LogP contribution in [0.1, 0.15) is 45.1 Å². The summed E-state index contributed by atoms with van der Waals surface area (Å²) in [4.78, 5) is 30.7. The molecule has 0 atom stereocenters. The summed E-state index contributed by atoms with van der Waals surface area (Å²) < 4.78 is 11.0. The lowest BCUT2D eigenvalue weighted by Crippen LogP contribution is -2.34. The molecular formula is C21H27N3O4. The standard InChI is InChI=1S/C21H27N3O4/c1-14(2)22-20(25)13-28-17-9-8-15(12-18(17)27-3)11-16-21(26)24-10-6-4-5-7-19(24)23-16/h8-9,11-12,14H,4-7,10,13H2,1-3H3,(H,22,25)/b16-11+. The maximum Gasteiger partial charge on any atom is 0.277 e. The number of ether oxygens (including phenoxy) is 2. The van der Waals surface area contributed by atoms with E-state index < -0.39 is 0 Å². The Balaban J connectivity index is 1.74. The average Bonchev–Trinajstić information content (AvgIpc) is 2.83. The number of benzene rings is 1. The van der Waals surface area contributed by atoms with Gasteiger partial charge in [0, 0.05) is 19.0 Å². The summed E-state index contributed by atoms with van der Waals surface area (Å²) >= 11 is 0. The molecule has 2 aliphatic rings. The fourth-order valence-corrected chi connectivity index (χ4v) is 3.31. The Kier molecular flexibility index (Phi) is 6.34. The maximum atomic E-state index is 12.6. The summed E-state index contributed by atoms with van der Waals surface area (Å²) in [7, 11) is 1.54. The number of hydrogen-bond donors (Lipinski definition) is 1. The van der Waals surface area contributed by atoms with E-state index in [1.165, 1.54) is 7.11 Å². The first-order valence-corrected chi connectivity index (χ1v) is 9.69. The zero-order valence-corrected chi connectivity index (χ0v) is 16.7. The van der Waals surface area contributed by atoms with E-state index in [1.807, 2.05) is 19.9 Å². The predicted molar refractivity (Wildman–Crippen MR) is 107 cm³/mol. The van der Waals surface area contributed by atoms with Crippen LogP contribution in [0.3, 0.4) is 0 Å². The van der Waals surface area contributed by atoms with Crippen LogP contribution in [0.15, 0.2) is 28.9 Å². The van der Waals surface area contributed by atoms with E-state index in [0.717, 1.165) is 43.6 Å². The van der Waals surface area contributed by atoms with E-state index in [0.29, 0.717) is 17.2 Å². The Hall–Kier alpha value is -2.83. The molecule has 1 N–H and O–H groups in total. The van der Waals surface area contributed by atoms with Crippen LogP contribution in [0.4, 0.5) is 0 Å². The van der Waals surface area contributed by atoms with Gasteiger partial charge in [-0.15, -0.1) is 0 Å². The molecule has 2 aliphatic heterocycles. The number of carbonyl (C=O) groups excluding carboxylic acids is 2. The minimum atomic E-state index is -0.191. The van der Waals surface area contributed by atoms with Crippen molar-refractivity contribution in [2.75, 3.05) is 20.3 Å². The molecule has 3 rings (SSSR count). The smallest absolute Gasteiger partial charge is 0.277 e. The van der Waals surface area contributed by atoms with Crippen LogP contribution in [-0.2, 0) is 9.59 Å². The Bertz CT molecular complexity index is 814. The first-order valence-electron chi connectivity index (χ1n) is 9.69. The van der Waals surface area contributed by atoms with Gasteiger partial charge in [0.15, 0.2) is 18.1 Å². The van der Waals surface area contributed by atoms with E-state index in [2.05, 4.69) is 10.3 Å². The number of rotatable bonds is 6. The lowest BCUT2D eigenvalue weighted by molar-refractivity contribution is -0.124. The lowest BCUT2D eigenvalue weighted by Gasteiger charge is -2.14. The normalized spacial score (nSPS) is 18.0. The number of fused-ring (bicyclic) bond motifs is 1. The number of methoxy groups -OCH3 is 1. The van der Waals surface area contributed by atoms with E-state index in [4.69, 9.17) is 9.47 Å². The third-order valence-electron chi connectivity index (χ3n) is 4.61. The van der Waals surface area contributed by atoms with Gasteiger partial charge in [-0.05, 0) is 50.5 Å². The zero-order valence-electron chi connectivity index (χ0n) is 16.7. The molecule has 1 aromatic carbocycles. The third-order valence-corrected chi connectivity index (χ3v) is 4.61. The second-order valence-electron chi connectivity index (χ2n) is 7.25. The van der Waals surface area contributed by atoms with E-state index in [1.54, 1.807) is 23.1 Å². The van der Waals surface area contributed by atoms with Gasteiger partial charge < -0.3 is 14.8 Å². The minimum absolute atomic E-state index is 0.0402. The molecule has 7 nitrogen and oxygen atoms in total. The van der Waals surface area contributed by atoms with Crippen molar-refractivity contribution in [2.45, 2.75) is 45.6 Å². The Morgan fingerprint density at radius 2 is 2.11 bits per heavy atom. The Morgan fingerprint density at radius 3 is 2.86 bits per heavy atom. The molecule has 1 aromatic rings. The van der Waals surface area contributed by atoms with E-state index in [-0.39, 0.29) is 24.5 Å². The zero-order chi connectivity index (χ0) is 20.1. The third kappa shape index (κ3) is 4.71. The van der Waals surface area contributed by atoms with Crippen LogP contribution in [0, 0.1) is 0 Å². The summed E-state index contributed by atoms with van der Waals surface area (Å²) in [5.41, 5.74) is 1.24. The summed E-state index contributed by atoms with van der Waals surface area (Å²) in [5, 5.41) is 2.77. The highest BCUT2D eigenvalue weighted by molar-refractivity contribution is 6.14. The molecule has 0 saturated carbocycles. The van der Waals surface area contributed by atoms with Crippen molar-refractivity contribution in [3.8, 4) is 11.5 Å². The number of nitrogens with zero attached hydrogens (tertiary/aromatic N) is 2. The molecule has 0 aromatic heterocycles. The SMILES string of the molecule is COc1cc(/C=C2/N=C3CCCCCN3C2=O)ccc1OCC(=O)NC(C)C. The van der Waals surface area contributed by atoms with Crippen LogP contribution in [0.5, 0.6) is 11.5 Å². The van der Waals surface area contributed by atoms with Gasteiger partial charge >= 0.3 is 0 Å². The number of amidine groups is 1. The number of carbonyl (C=O) groups is 2. The van der Waals surface area contributed by atoms with Crippen molar-refractivity contribution in [1.29, 1.82) is 0 Å². The molecule has 2 amide bonds. The fourth-order valence-electron chi connectivity index (χ4n) is 3.31. The molecule has 1 saturated heterocycles. The van der Waals surface area contributed by atoms with Crippen LogP contribution < -0.4 is 14.8 Å². The Labute approximate surface area is 165 Å². The fraction of sp³-hybridized carbons (Fsp3) is 0.476. The van der Waals surface area contributed by atoms with Gasteiger partial charge in [0.2, 0.25) is 0 Å². The summed E-state index contributed by atoms with van der Waals surface area (Å²) in [6.45, 7) is 4.44. The lowest BCUT2D eigenvalue weighted by atomic mass is 10.1. The molecular weight excluding hydrogens is 358 g/mol. The number of nitrogens with one attached hydrogen (secondary N) is 1. The highest BCUT2D eigenvalue weighted by Gasteiger charge is 2.30. The number of aliphatic imine (C=N–C) groups is 1. The summed E-state index contributed by atoms with van der Waals surface area (Å²) in [5.74, 6) is 1.61. The summed E-state index contributed by atoms with van der Waals surface area (Å²) in [6.07, 6.45) is 5.83. The second kappa shape index (κ2) is 8.91. The number of amides is 2.